The van der Waals surface area contributed by atoms with E-state index in [0.29, 0.717) is 11.5 Å². The standard InChI is InChI=1S/C13H21NO4/c1-7-12(3,4)11(17)18-14-9(15)8(2)13(5,6)10(14)16/h8H,7H2,1-6H3. The van der Waals surface area contributed by atoms with E-state index in [4.69, 9.17) is 4.84 Å². The molecule has 5 heteroatoms. The second-order valence-electron chi connectivity index (χ2n) is 6.00. The fourth-order valence-electron chi connectivity index (χ4n) is 1.47. The van der Waals surface area contributed by atoms with E-state index in [9.17, 15) is 14.4 Å². The smallest absolute Gasteiger partial charge is 0.330 e. The van der Waals surface area contributed by atoms with Gasteiger partial charge in [-0.05, 0) is 20.3 Å². The van der Waals surface area contributed by atoms with Crippen molar-refractivity contribution in [2.75, 3.05) is 0 Å². The minimum absolute atomic E-state index is 0.453. The summed E-state index contributed by atoms with van der Waals surface area (Å²) in [7, 11) is 0. The molecule has 1 aliphatic rings. The molecule has 1 saturated heterocycles. The molecule has 1 atom stereocenters. The number of rotatable bonds is 3. The van der Waals surface area contributed by atoms with Gasteiger partial charge in [-0.1, -0.05) is 27.7 Å². The molecule has 0 aromatic rings. The van der Waals surface area contributed by atoms with Crippen LogP contribution in [0, 0.1) is 16.7 Å². The maximum atomic E-state index is 12.0. The third-order valence-electron chi connectivity index (χ3n) is 4.00. The average molecular weight is 255 g/mol. The number of hydrogen-bond acceptors (Lipinski definition) is 4. The Kier molecular flexibility index (Phi) is 3.56. The van der Waals surface area contributed by atoms with Crippen molar-refractivity contribution in [3.63, 3.8) is 0 Å². The first-order valence-corrected chi connectivity index (χ1v) is 6.16. The zero-order valence-corrected chi connectivity index (χ0v) is 11.9. The molecule has 0 radical (unpaired) electrons. The van der Waals surface area contributed by atoms with Crippen LogP contribution >= 0.6 is 0 Å². The fourth-order valence-corrected chi connectivity index (χ4v) is 1.47. The second-order valence-corrected chi connectivity index (χ2v) is 6.00. The Morgan fingerprint density at radius 1 is 1.39 bits per heavy atom. The first-order valence-electron chi connectivity index (χ1n) is 6.16. The van der Waals surface area contributed by atoms with Crippen LogP contribution in [0.5, 0.6) is 0 Å². The van der Waals surface area contributed by atoms with Crippen LogP contribution in [-0.2, 0) is 19.2 Å². The van der Waals surface area contributed by atoms with E-state index < -0.39 is 34.5 Å². The molecule has 102 valence electrons. The summed E-state index contributed by atoms with van der Waals surface area (Å²) in [6.45, 7) is 10.3. The number of amides is 2. The molecule has 0 aromatic heterocycles. The van der Waals surface area contributed by atoms with Crippen LogP contribution in [0.2, 0.25) is 0 Å². The van der Waals surface area contributed by atoms with Gasteiger partial charge in [0.15, 0.2) is 0 Å². The van der Waals surface area contributed by atoms with Crippen molar-refractivity contribution in [3.8, 4) is 0 Å². The molecular formula is C13H21NO4. The summed E-state index contributed by atoms with van der Waals surface area (Å²) in [6.07, 6.45) is 0.570. The molecule has 0 saturated carbocycles. The number of hydrogen-bond donors (Lipinski definition) is 0. The SMILES string of the molecule is CCC(C)(C)C(=O)ON1C(=O)C(C)C(C)(C)C1=O. The largest absolute Gasteiger partial charge is 0.338 e. The Bertz CT molecular complexity index is 398. The van der Waals surface area contributed by atoms with Crippen LogP contribution < -0.4 is 0 Å². The Morgan fingerprint density at radius 3 is 2.22 bits per heavy atom. The van der Waals surface area contributed by atoms with Crippen LogP contribution in [-0.4, -0.2) is 22.8 Å². The number of carbonyl (C=O) groups is 3. The zero-order valence-electron chi connectivity index (χ0n) is 11.9. The van der Waals surface area contributed by atoms with Crippen molar-refractivity contribution in [2.45, 2.75) is 48.0 Å². The molecule has 0 N–H and O–H groups in total. The molecule has 1 unspecified atom stereocenters. The highest BCUT2D eigenvalue weighted by atomic mass is 16.7. The summed E-state index contributed by atoms with van der Waals surface area (Å²) in [5.74, 6) is -1.95. The quantitative estimate of drug-likeness (QED) is 0.723. The summed E-state index contributed by atoms with van der Waals surface area (Å²) < 4.78 is 0. The van der Waals surface area contributed by atoms with Gasteiger partial charge in [0.2, 0.25) is 0 Å². The van der Waals surface area contributed by atoms with Crippen molar-refractivity contribution in [1.29, 1.82) is 0 Å². The molecule has 0 aromatic carbocycles. The minimum atomic E-state index is -0.826. The van der Waals surface area contributed by atoms with E-state index in [2.05, 4.69) is 0 Å². The van der Waals surface area contributed by atoms with Gasteiger partial charge >= 0.3 is 5.97 Å². The normalized spacial score (nSPS) is 23.4. The molecule has 2 amide bonds. The Balaban J connectivity index is 2.91. The van der Waals surface area contributed by atoms with Gasteiger partial charge < -0.3 is 4.84 Å². The highest BCUT2D eigenvalue weighted by Crippen LogP contribution is 2.38. The van der Waals surface area contributed by atoms with Gasteiger partial charge in [-0.2, -0.15) is 0 Å². The number of hydroxylamine groups is 2. The Hall–Kier alpha value is -1.39. The lowest BCUT2D eigenvalue weighted by Gasteiger charge is -2.23. The number of nitrogens with zero attached hydrogens (tertiary/aromatic N) is 1. The Labute approximate surface area is 107 Å². The van der Waals surface area contributed by atoms with Crippen LogP contribution in [0.25, 0.3) is 0 Å². The van der Waals surface area contributed by atoms with Crippen molar-refractivity contribution in [1.82, 2.24) is 5.06 Å². The average Bonchev–Trinajstić information content (AvgIpc) is 2.44. The first kappa shape index (κ1) is 14.7. The monoisotopic (exact) mass is 255 g/mol. The lowest BCUT2D eigenvalue weighted by Crippen LogP contribution is -2.39. The van der Waals surface area contributed by atoms with Crippen molar-refractivity contribution in [2.24, 2.45) is 16.7 Å². The molecule has 0 spiro atoms. The molecule has 1 rings (SSSR count). The van der Waals surface area contributed by atoms with Crippen LogP contribution in [0.15, 0.2) is 0 Å². The second kappa shape index (κ2) is 4.37. The fraction of sp³-hybridized carbons (Fsp3) is 0.769. The Morgan fingerprint density at radius 2 is 1.89 bits per heavy atom. The van der Waals surface area contributed by atoms with Gasteiger partial charge in [0.05, 0.1) is 16.7 Å². The predicted molar refractivity (Wildman–Crippen MR) is 65.0 cm³/mol. The lowest BCUT2D eigenvalue weighted by molar-refractivity contribution is -0.205. The molecule has 1 fully saturated rings. The molecule has 1 heterocycles. The summed E-state index contributed by atoms with van der Waals surface area (Å²) >= 11 is 0. The van der Waals surface area contributed by atoms with Crippen molar-refractivity contribution < 1.29 is 19.2 Å². The van der Waals surface area contributed by atoms with E-state index in [0.717, 1.165) is 0 Å². The number of imide groups is 1. The van der Waals surface area contributed by atoms with E-state index in [1.54, 1.807) is 34.6 Å². The van der Waals surface area contributed by atoms with E-state index in [1.807, 2.05) is 6.92 Å². The van der Waals surface area contributed by atoms with Crippen LogP contribution in [0.4, 0.5) is 0 Å². The molecule has 1 aliphatic heterocycles. The van der Waals surface area contributed by atoms with Gasteiger partial charge in [0, 0.05) is 0 Å². The summed E-state index contributed by atoms with van der Waals surface area (Å²) in [4.78, 5) is 40.8. The van der Waals surface area contributed by atoms with Gasteiger partial charge in [-0.3, -0.25) is 9.59 Å². The highest BCUT2D eigenvalue weighted by Gasteiger charge is 2.54. The first-order chi connectivity index (χ1) is 8.05. The van der Waals surface area contributed by atoms with Crippen LogP contribution in [0.1, 0.15) is 48.0 Å². The number of carbonyl (C=O) groups excluding carboxylic acids is 3. The molecule has 5 nitrogen and oxygen atoms in total. The summed E-state index contributed by atoms with van der Waals surface area (Å²) in [5, 5.41) is 0.629. The lowest BCUT2D eigenvalue weighted by atomic mass is 9.82. The topological polar surface area (TPSA) is 63.7 Å². The minimum Gasteiger partial charge on any atom is -0.330 e. The zero-order chi connectivity index (χ0) is 14.3. The molecule has 0 aliphatic carbocycles. The van der Waals surface area contributed by atoms with Gasteiger partial charge in [0.1, 0.15) is 0 Å². The van der Waals surface area contributed by atoms with Crippen molar-refractivity contribution >= 4 is 17.8 Å². The van der Waals surface area contributed by atoms with E-state index in [1.165, 1.54) is 0 Å². The third-order valence-corrected chi connectivity index (χ3v) is 4.00. The molecule has 18 heavy (non-hydrogen) atoms. The highest BCUT2D eigenvalue weighted by molar-refractivity contribution is 6.06. The maximum absolute atomic E-state index is 12.0. The summed E-state index contributed by atoms with van der Waals surface area (Å²) in [5.41, 5.74) is -1.54. The van der Waals surface area contributed by atoms with E-state index >= 15 is 0 Å². The van der Waals surface area contributed by atoms with Gasteiger partial charge in [-0.15, -0.1) is 5.06 Å². The molecular weight excluding hydrogens is 234 g/mol. The van der Waals surface area contributed by atoms with Gasteiger partial charge in [-0.25, -0.2) is 4.79 Å². The third kappa shape index (κ3) is 2.13. The van der Waals surface area contributed by atoms with Gasteiger partial charge in [0.25, 0.3) is 11.8 Å². The van der Waals surface area contributed by atoms with Crippen molar-refractivity contribution in [3.05, 3.63) is 0 Å². The molecule has 0 bridgehead atoms. The van der Waals surface area contributed by atoms with Crippen LogP contribution in [0.3, 0.4) is 0 Å². The predicted octanol–water partition coefficient (Wildman–Crippen LogP) is 1.91. The summed E-state index contributed by atoms with van der Waals surface area (Å²) in [6, 6.07) is 0. The maximum Gasteiger partial charge on any atom is 0.338 e. The van der Waals surface area contributed by atoms with E-state index in [-0.39, 0.29) is 0 Å².